The largest absolute Gasteiger partial charge is 0.387 e. The molecule has 154 valence electrons. The SMILES string of the molecule is CC(=NOCc1nc2c3c4c(sc3ncn2n1)COC(C)(C)C4)c1ccc(Br)cc1. The van der Waals surface area contributed by atoms with Gasteiger partial charge in [-0.25, -0.2) is 14.5 Å². The summed E-state index contributed by atoms with van der Waals surface area (Å²) in [5.74, 6) is 0.572. The van der Waals surface area contributed by atoms with Crippen LogP contribution in [0.2, 0.25) is 0 Å². The van der Waals surface area contributed by atoms with Crippen molar-refractivity contribution in [1.29, 1.82) is 0 Å². The summed E-state index contributed by atoms with van der Waals surface area (Å²) in [7, 11) is 0. The van der Waals surface area contributed by atoms with Gasteiger partial charge in [0, 0.05) is 15.8 Å². The molecule has 1 aliphatic rings. The number of halogens is 1. The molecule has 0 spiro atoms. The maximum atomic E-state index is 5.96. The highest BCUT2D eigenvalue weighted by Gasteiger charge is 2.30. The smallest absolute Gasteiger partial charge is 0.192 e. The molecular weight excluding hydrogens is 466 g/mol. The van der Waals surface area contributed by atoms with Gasteiger partial charge < -0.3 is 9.57 Å². The predicted octanol–water partition coefficient (Wildman–Crippen LogP) is 4.89. The summed E-state index contributed by atoms with van der Waals surface area (Å²) in [4.78, 5) is 17.0. The first-order chi connectivity index (χ1) is 14.4. The van der Waals surface area contributed by atoms with Gasteiger partial charge >= 0.3 is 0 Å². The van der Waals surface area contributed by atoms with Gasteiger partial charge in [0.1, 0.15) is 11.2 Å². The summed E-state index contributed by atoms with van der Waals surface area (Å²) in [5.41, 5.74) is 3.68. The zero-order valence-corrected chi connectivity index (χ0v) is 19.2. The van der Waals surface area contributed by atoms with Crippen molar-refractivity contribution >= 4 is 48.8 Å². The molecule has 0 amide bonds. The Morgan fingerprint density at radius 3 is 2.93 bits per heavy atom. The minimum Gasteiger partial charge on any atom is -0.387 e. The Morgan fingerprint density at radius 1 is 1.33 bits per heavy atom. The highest BCUT2D eigenvalue weighted by molar-refractivity contribution is 9.10. The predicted molar refractivity (Wildman–Crippen MR) is 120 cm³/mol. The Bertz CT molecular complexity index is 1280. The van der Waals surface area contributed by atoms with E-state index in [9.17, 15) is 0 Å². The molecule has 0 N–H and O–H groups in total. The average molecular weight is 486 g/mol. The van der Waals surface area contributed by atoms with E-state index in [1.54, 1.807) is 22.2 Å². The third-order valence-corrected chi connectivity index (χ3v) is 6.75. The summed E-state index contributed by atoms with van der Waals surface area (Å²) in [6, 6.07) is 7.93. The summed E-state index contributed by atoms with van der Waals surface area (Å²) in [6.07, 6.45) is 2.54. The molecule has 0 aliphatic carbocycles. The van der Waals surface area contributed by atoms with Crippen molar-refractivity contribution in [2.75, 3.05) is 0 Å². The first kappa shape index (κ1) is 19.6. The van der Waals surface area contributed by atoms with E-state index in [4.69, 9.17) is 14.6 Å². The second-order valence-corrected chi connectivity index (χ2v) is 9.91. The van der Waals surface area contributed by atoms with Crippen LogP contribution in [-0.4, -0.2) is 30.9 Å². The highest BCUT2D eigenvalue weighted by atomic mass is 79.9. The summed E-state index contributed by atoms with van der Waals surface area (Å²) < 4.78 is 8.71. The van der Waals surface area contributed by atoms with Crippen LogP contribution in [0.5, 0.6) is 0 Å². The lowest BCUT2D eigenvalue weighted by Crippen LogP contribution is -2.31. The Morgan fingerprint density at radius 2 is 2.13 bits per heavy atom. The number of oxime groups is 1. The van der Waals surface area contributed by atoms with E-state index in [1.165, 1.54) is 10.4 Å². The molecule has 0 saturated heterocycles. The van der Waals surface area contributed by atoms with Gasteiger partial charge in [-0.05, 0) is 44.0 Å². The maximum Gasteiger partial charge on any atom is 0.192 e. The Balaban J connectivity index is 1.42. The number of rotatable bonds is 4. The molecule has 7 nitrogen and oxygen atoms in total. The molecule has 0 atom stereocenters. The lowest BCUT2D eigenvalue weighted by Gasteiger charge is -2.30. The number of aromatic nitrogens is 4. The molecule has 1 aromatic carbocycles. The lowest BCUT2D eigenvalue weighted by atomic mass is 9.94. The Labute approximate surface area is 185 Å². The van der Waals surface area contributed by atoms with Crippen LogP contribution in [0, 0.1) is 0 Å². The van der Waals surface area contributed by atoms with Crippen molar-refractivity contribution in [2.24, 2.45) is 5.16 Å². The quantitative estimate of drug-likeness (QED) is 0.303. The van der Waals surface area contributed by atoms with Gasteiger partial charge in [0.05, 0.1) is 23.3 Å². The zero-order valence-electron chi connectivity index (χ0n) is 16.8. The lowest BCUT2D eigenvalue weighted by molar-refractivity contribution is -0.0379. The standard InChI is InChI=1S/C21H20BrN5O2S/c1-12(13-4-6-14(22)7-5-13)26-29-10-17-24-19-18-15-8-21(2,3)28-9-16(15)30-20(18)23-11-27(19)25-17/h4-7,11H,8-10H2,1-3H3. The van der Waals surface area contributed by atoms with Gasteiger partial charge in [0.15, 0.2) is 18.1 Å². The topological polar surface area (TPSA) is 73.9 Å². The van der Waals surface area contributed by atoms with E-state index in [2.05, 4.69) is 45.0 Å². The van der Waals surface area contributed by atoms with E-state index in [0.29, 0.717) is 12.4 Å². The zero-order chi connectivity index (χ0) is 20.9. The molecule has 0 fully saturated rings. The first-order valence-electron chi connectivity index (χ1n) is 9.60. The Kier molecular flexibility index (Phi) is 4.83. The summed E-state index contributed by atoms with van der Waals surface area (Å²) in [5, 5.41) is 9.81. The molecule has 30 heavy (non-hydrogen) atoms. The fourth-order valence-electron chi connectivity index (χ4n) is 3.58. The second kappa shape index (κ2) is 7.40. The first-order valence-corrected chi connectivity index (χ1v) is 11.2. The number of hydrogen-bond donors (Lipinski definition) is 0. The molecular formula is C21H20BrN5O2S. The molecule has 0 radical (unpaired) electrons. The molecule has 1 aliphatic heterocycles. The number of fused-ring (bicyclic) bond motifs is 5. The number of thiophene rings is 1. The minimum absolute atomic E-state index is 0.192. The fraction of sp³-hybridized carbons (Fsp3) is 0.333. The van der Waals surface area contributed by atoms with Crippen molar-refractivity contribution in [1.82, 2.24) is 19.6 Å². The van der Waals surface area contributed by atoms with Gasteiger partial charge in [-0.15, -0.1) is 16.4 Å². The van der Waals surface area contributed by atoms with Crippen LogP contribution < -0.4 is 0 Å². The van der Waals surface area contributed by atoms with E-state index in [0.717, 1.165) is 38.0 Å². The number of nitrogens with zero attached hydrogens (tertiary/aromatic N) is 5. The van der Waals surface area contributed by atoms with Gasteiger partial charge in [0.25, 0.3) is 0 Å². The summed E-state index contributed by atoms with van der Waals surface area (Å²) >= 11 is 5.11. The molecule has 4 heterocycles. The summed E-state index contributed by atoms with van der Waals surface area (Å²) in [6.45, 7) is 6.95. The van der Waals surface area contributed by atoms with Gasteiger partial charge in [-0.2, -0.15) is 0 Å². The molecule has 0 unspecified atom stereocenters. The number of ether oxygens (including phenoxy) is 1. The van der Waals surface area contributed by atoms with Crippen LogP contribution in [0.15, 0.2) is 40.2 Å². The highest BCUT2D eigenvalue weighted by Crippen LogP contribution is 2.39. The molecule has 3 aromatic heterocycles. The normalized spacial score (nSPS) is 16.2. The van der Waals surface area contributed by atoms with E-state index < -0.39 is 0 Å². The van der Waals surface area contributed by atoms with E-state index in [1.807, 2.05) is 31.2 Å². The molecule has 0 bridgehead atoms. The van der Waals surface area contributed by atoms with Crippen LogP contribution in [-0.2, 0) is 29.2 Å². The van der Waals surface area contributed by atoms with E-state index in [-0.39, 0.29) is 12.2 Å². The fourth-order valence-corrected chi connectivity index (χ4v) is 4.91. The number of benzene rings is 1. The maximum absolute atomic E-state index is 5.96. The Hall–Kier alpha value is -2.36. The van der Waals surface area contributed by atoms with Gasteiger partial charge in [-0.3, -0.25) is 0 Å². The van der Waals surface area contributed by atoms with Crippen molar-refractivity contribution in [3.63, 3.8) is 0 Å². The van der Waals surface area contributed by atoms with Crippen LogP contribution in [0.3, 0.4) is 0 Å². The van der Waals surface area contributed by atoms with Crippen molar-refractivity contribution < 1.29 is 9.57 Å². The minimum atomic E-state index is -0.195. The number of hydrogen-bond acceptors (Lipinski definition) is 7. The average Bonchev–Trinajstić information content (AvgIpc) is 3.27. The molecule has 4 aromatic rings. The second-order valence-electron chi connectivity index (χ2n) is 7.91. The van der Waals surface area contributed by atoms with Crippen LogP contribution in [0.4, 0.5) is 0 Å². The van der Waals surface area contributed by atoms with Crippen molar-refractivity contribution in [2.45, 2.75) is 46.0 Å². The van der Waals surface area contributed by atoms with E-state index >= 15 is 0 Å². The molecule has 9 heteroatoms. The monoisotopic (exact) mass is 485 g/mol. The van der Waals surface area contributed by atoms with Crippen LogP contribution in [0.25, 0.3) is 15.9 Å². The molecule has 0 saturated carbocycles. The van der Waals surface area contributed by atoms with Crippen LogP contribution in [0.1, 0.15) is 42.6 Å². The van der Waals surface area contributed by atoms with Crippen molar-refractivity contribution in [3.8, 4) is 0 Å². The van der Waals surface area contributed by atoms with Gasteiger partial charge in [0.2, 0.25) is 0 Å². The van der Waals surface area contributed by atoms with Crippen molar-refractivity contribution in [3.05, 3.63) is 56.9 Å². The molecule has 5 rings (SSSR count). The third-order valence-electron chi connectivity index (χ3n) is 5.11. The van der Waals surface area contributed by atoms with Gasteiger partial charge in [-0.1, -0.05) is 33.2 Å². The van der Waals surface area contributed by atoms with Crippen LogP contribution >= 0.6 is 27.3 Å². The third kappa shape index (κ3) is 3.61.